The lowest BCUT2D eigenvalue weighted by atomic mass is 10.5. The monoisotopic (exact) mass is 268 g/mol. The second-order valence-corrected chi connectivity index (χ2v) is 5.56. The number of aryl methyl sites for hydroxylation is 1. The van der Waals surface area contributed by atoms with Gasteiger partial charge in [0.1, 0.15) is 11.7 Å². The van der Waals surface area contributed by atoms with Crippen molar-refractivity contribution in [2.75, 3.05) is 34.3 Å². The number of aliphatic hydroxyl groups excluding tert-OH is 1. The molecule has 0 saturated carbocycles. The molecule has 0 aliphatic carbocycles. The van der Waals surface area contributed by atoms with E-state index in [9.17, 15) is 12.3 Å². The van der Waals surface area contributed by atoms with Crippen LogP contribution in [-0.2, 0) is 10.2 Å². The third kappa shape index (κ3) is 7.77. The van der Waals surface area contributed by atoms with E-state index in [1.165, 1.54) is 6.92 Å². The van der Waals surface area contributed by atoms with E-state index in [0.29, 0.717) is 0 Å². The molecule has 0 spiro atoms. The standard InChI is InChI=1S/C5H14NO.C3H3FN3O2S/c1-6(2,3)4-5-7;1-2-5-3(7-6-2)10(4,8)9/h7H,4-5H2,1-3H3;1H3/q+1;-1. The third-order valence-corrected chi connectivity index (χ3v) is 2.14. The Kier molecular flexibility index (Phi) is 5.66. The molecule has 17 heavy (non-hydrogen) atoms. The predicted octanol–water partition coefficient (Wildman–Crippen LogP) is -0.915. The summed E-state index contributed by atoms with van der Waals surface area (Å²) in [6.07, 6.45) is 0. The van der Waals surface area contributed by atoms with Gasteiger partial charge in [0.25, 0.3) is 0 Å². The Bertz CT molecular complexity index is 438. The van der Waals surface area contributed by atoms with Gasteiger partial charge in [-0.2, -0.15) is 8.42 Å². The van der Waals surface area contributed by atoms with Gasteiger partial charge in [0, 0.05) is 0 Å². The molecule has 0 unspecified atom stereocenters. The van der Waals surface area contributed by atoms with Gasteiger partial charge in [-0.05, 0) is 12.7 Å². The van der Waals surface area contributed by atoms with Crippen LogP contribution in [0.3, 0.4) is 0 Å². The minimum atomic E-state index is -4.77. The van der Waals surface area contributed by atoms with Crippen LogP contribution in [0, 0.1) is 6.92 Å². The van der Waals surface area contributed by atoms with E-state index >= 15 is 0 Å². The highest BCUT2D eigenvalue weighted by Crippen LogP contribution is 2.02. The average molecular weight is 268 g/mol. The molecule has 0 radical (unpaired) electrons. The smallest absolute Gasteiger partial charge is 0.337 e. The first-order chi connectivity index (χ1) is 7.56. The van der Waals surface area contributed by atoms with Crippen LogP contribution in [0.1, 0.15) is 5.82 Å². The summed E-state index contributed by atoms with van der Waals surface area (Å²) in [5.74, 6) is 0.135. The van der Waals surface area contributed by atoms with Gasteiger partial charge < -0.3 is 24.8 Å². The zero-order chi connectivity index (χ0) is 13.7. The van der Waals surface area contributed by atoms with Crippen LogP contribution in [-0.4, -0.2) is 62.5 Å². The van der Waals surface area contributed by atoms with E-state index in [1.54, 1.807) is 0 Å². The van der Waals surface area contributed by atoms with E-state index in [1.807, 2.05) is 0 Å². The maximum absolute atomic E-state index is 11.9. The van der Waals surface area contributed by atoms with Crippen molar-refractivity contribution in [3.63, 3.8) is 0 Å². The molecule has 0 bridgehead atoms. The summed E-state index contributed by atoms with van der Waals surface area (Å²) in [5, 5.41) is 13.7. The number of aliphatic hydroxyl groups is 1. The number of quaternary nitrogens is 1. The van der Waals surface area contributed by atoms with Crippen LogP contribution >= 0.6 is 0 Å². The lowest BCUT2D eigenvalue weighted by molar-refractivity contribution is -0.870. The summed E-state index contributed by atoms with van der Waals surface area (Å²) in [7, 11) is 1.39. The van der Waals surface area contributed by atoms with Gasteiger partial charge in [-0.15, -0.1) is 0 Å². The van der Waals surface area contributed by atoms with Gasteiger partial charge in [0.2, 0.25) is 0 Å². The van der Waals surface area contributed by atoms with Gasteiger partial charge in [0.05, 0.1) is 27.7 Å². The Morgan fingerprint density at radius 3 is 2.00 bits per heavy atom. The van der Waals surface area contributed by atoms with E-state index in [-0.39, 0.29) is 12.4 Å². The number of nitrogens with zero attached hydrogens (tertiary/aromatic N) is 4. The number of rotatable bonds is 3. The molecule has 0 amide bonds. The SMILES string of the molecule is C[N+](C)(C)CCO.Cc1nnc(S(=O)(=O)F)[n-]1. The van der Waals surface area contributed by atoms with Crippen LogP contribution in [0.25, 0.3) is 0 Å². The Balaban J connectivity index is 0.000000325. The zero-order valence-corrected chi connectivity index (χ0v) is 11.1. The molecule has 1 aromatic rings. The molecule has 100 valence electrons. The summed E-state index contributed by atoms with van der Waals surface area (Å²) < 4.78 is 32.8. The summed E-state index contributed by atoms with van der Waals surface area (Å²) in [6, 6.07) is 0. The van der Waals surface area contributed by atoms with E-state index in [0.717, 1.165) is 11.0 Å². The number of aromatic nitrogens is 3. The van der Waals surface area contributed by atoms with Gasteiger partial charge in [-0.25, -0.2) is 0 Å². The quantitative estimate of drug-likeness (QED) is 0.563. The first-order valence-electron chi connectivity index (χ1n) is 4.76. The molecule has 0 aliphatic rings. The van der Waals surface area contributed by atoms with Crippen molar-refractivity contribution in [2.24, 2.45) is 0 Å². The van der Waals surface area contributed by atoms with Gasteiger partial charge in [-0.1, -0.05) is 3.89 Å². The molecule has 7 nitrogen and oxygen atoms in total. The summed E-state index contributed by atoms with van der Waals surface area (Å²) >= 11 is 0. The second-order valence-electron chi connectivity index (χ2n) is 4.32. The van der Waals surface area contributed by atoms with Crippen molar-refractivity contribution < 1.29 is 21.9 Å². The van der Waals surface area contributed by atoms with Crippen molar-refractivity contribution in [3.8, 4) is 0 Å². The van der Waals surface area contributed by atoms with Crippen LogP contribution in [0.4, 0.5) is 3.89 Å². The molecule has 1 aromatic heterocycles. The van der Waals surface area contributed by atoms with E-state index in [2.05, 4.69) is 36.3 Å². The van der Waals surface area contributed by atoms with Crippen molar-refractivity contribution in [2.45, 2.75) is 12.1 Å². The number of halogens is 1. The van der Waals surface area contributed by atoms with Crippen LogP contribution < -0.4 is 4.98 Å². The lowest BCUT2D eigenvalue weighted by Crippen LogP contribution is -2.36. The molecule has 1 N–H and O–H groups in total. The Morgan fingerprint density at radius 1 is 1.35 bits per heavy atom. The Morgan fingerprint density at radius 2 is 1.88 bits per heavy atom. The molecule has 9 heteroatoms. The fourth-order valence-electron chi connectivity index (χ4n) is 0.702. The van der Waals surface area contributed by atoms with Crippen molar-refractivity contribution >= 4 is 10.2 Å². The fourth-order valence-corrected chi connectivity index (χ4v) is 1.08. The minimum Gasteiger partial charge on any atom is -0.391 e. The molecular weight excluding hydrogens is 251 g/mol. The third-order valence-electron chi connectivity index (χ3n) is 1.53. The van der Waals surface area contributed by atoms with Crippen molar-refractivity contribution in [1.29, 1.82) is 0 Å². The highest BCUT2D eigenvalue weighted by Gasteiger charge is 2.08. The topological polar surface area (TPSA) is 94.2 Å². The van der Waals surface area contributed by atoms with Crippen LogP contribution in [0.2, 0.25) is 0 Å². The first kappa shape index (κ1) is 15.9. The largest absolute Gasteiger partial charge is 0.391 e. The van der Waals surface area contributed by atoms with Gasteiger partial charge >= 0.3 is 10.2 Å². The molecule has 0 aromatic carbocycles. The molecule has 0 saturated heterocycles. The first-order valence-corrected chi connectivity index (χ1v) is 6.14. The van der Waals surface area contributed by atoms with E-state index < -0.39 is 15.4 Å². The minimum absolute atomic E-state index is 0.135. The van der Waals surface area contributed by atoms with Crippen LogP contribution in [0.15, 0.2) is 5.16 Å². The molecule has 1 heterocycles. The second kappa shape index (κ2) is 6.03. The van der Waals surface area contributed by atoms with Crippen LogP contribution in [0.5, 0.6) is 0 Å². The maximum Gasteiger partial charge on any atom is 0.337 e. The number of likely N-dealkylation sites (N-methyl/N-ethyl adjacent to an activating group) is 1. The zero-order valence-electron chi connectivity index (χ0n) is 10.3. The number of hydrogen-bond donors (Lipinski definition) is 1. The lowest BCUT2D eigenvalue weighted by Gasteiger charge is -2.21. The highest BCUT2D eigenvalue weighted by molar-refractivity contribution is 7.86. The maximum atomic E-state index is 11.9. The molecule has 0 aliphatic heterocycles. The van der Waals surface area contributed by atoms with Crippen molar-refractivity contribution in [3.05, 3.63) is 5.82 Å². The summed E-state index contributed by atoms with van der Waals surface area (Å²) in [5.41, 5.74) is 0. The number of hydrogen-bond acceptors (Lipinski definition) is 5. The summed E-state index contributed by atoms with van der Waals surface area (Å²) in [4.78, 5) is 3.20. The Hall–Kier alpha value is -1.06. The van der Waals surface area contributed by atoms with E-state index in [4.69, 9.17) is 5.11 Å². The molecule has 0 fully saturated rings. The fraction of sp³-hybridized carbons (Fsp3) is 0.750. The predicted molar refractivity (Wildman–Crippen MR) is 58.4 cm³/mol. The van der Waals surface area contributed by atoms with Gasteiger partial charge in [0.15, 0.2) is 0 Å². The molecule has 0 atom stereocenters. The molecular formula is C8H17FN4O3S. The molecule has 1 rings (SSSR count). The van der Waals surface area contributed by atoms with Crippen molar-refractivity contribution in [1.82, 2.24) is 15.2 Å². The highest BCUT2D eigenvalue weighted by atomic mass is 32.3. The Labute approximate surface area is 100 Å². The van der Waals surface area contributed by atoms with Gasteiger partial charge in [-0.3, -0.25) is 0 Å². The summed E-state index contributed by atoms with van der Waals surface area (Å²) in [6.45, 7) is 2.53. The normalized spacial score (nSPS) is 11.9. The average Bonchev–Trinajstić information content (AvgIpc) is 2.49.